The van der Waals surface area contributed by atoms with Gasteiger partial charge in [0.2, 0.25) is 5.96 Å². The first-order valence-electron chi connectivity index (χ1n) is 6.13. The zero-order valence-electron chi connectivity index (χ0n) is 11.4. The van der Waals surface area contributed by atoms with Crippen molar-refractivity contribution in [3.63, 3.8) is 0 Å². The number of nitro benzene ring substituents is 1. The van der Waals surface area contributed by atoms with E-state index in [0.29, 0.717) is 5.70 Å². The summed E-state index contributed by atoms with van der Waals surface area (Å²) >= 11 is 0. The molecule has 0 saturated heterocycles. The lowest BCUT2D eigenvalue weighted by atomic mass is 10.0. The molecular weight excluding hydrogens is 290 g/mol. The molecule has 9 nitrogen and oxygen atoms in total. The number of amides is 1. The lowest BCUT2D eigenvalue weighted by Crippen LogP contribution is -2.46. The summed E-state index contributed by atoms with van der Waals surface area (Å²) in [7, 11) is 0. The first-order valence-corrected chi connectivity index (χ1v) is 6.13. The Balaban J connectivity index is 2.59. The maximum atomic E-state index is 11.5. The molecule has 112 valence electrons. The van der Waals surface area contributed by atoms with Crippen LogP contribution in [0.5, 0.6) is 0 Å². The Morgan fingerprint density at radius 3 is 2.82 bits per heavy atom. The van der Waals surface area contributed by atoms with Gasteiger partial charge in [0.15, 0.2) is 6.19 Å². The van der Waals surface area contributed by atoms with Crippen LogP contribution in [-0.2, 0) is 0 Å². The molecule has 1 aromatic carbocycles. The van der Waals surface area contributed by atoms with E-state index in [9.17, 15) is 20.0 Å². The van der Waals surface area contributed by atoms with E-state index in [2.05, 4.69) is 10.3 Å². The van der Waals surface area contributed by atoms with Crippen LogP contribution in [0.15, 0.2) is 41.0 Å². The van der Waals surface area contributed by atoms with Crippen LogP contribution in [-0.4, -0.2) is 27.0 Å². The predicted molar refractivity (Wildman–Crippen MR) is 75.6 cm³/mol. The molecule has 22 heavy (non-hydrogen) atoms. The Hall–Kier alpha value is -3.41. The maximum absolute atomic E-state index is 11.5. The second-order valence-corrected chi connectivity index (χ2v) is 4.39. The lowest BCUT2D eigenvalue weighted by molar-refractivity contribution is -0.385. The number of allylic oxidation sites excluding steroid dienone is 1. The number of nitro groups is 1. The smallest absolute Gasteiger partial charge is 0.415 e. The van der Waals surface area contributed by atoms with Gasteiger partial charge in [0.05, 0.1) is 16.5 Å². The van der Waals surface area contributed by atoms with Gasteiger partial charge in [-0.25, -0.2) is 14.7 Å². The van der Waals surface area contributed by atoms with Crippen molar-refractivity contribution in [2.75, 3.05) is 0 Å². The van der Waals surface area contributed by atoms with Crippen molar-refractivity contribution in [1.29, 1.82) is 5.26 Å². The van der Waals surface area contributed by atoms with Crippen LogP contribution < -0.4 is 5.32 Å². The van der Waals surface area contributed by atoms with Gasteiger partial charge >= 0.3 is 6.09 Å². The second-order valence-electron chi connectivity index (χ2n) is 4.39. The molecule has 1 aliphatic rings. The van der Waals surface area contributed by atoms with Gasteiger partial charge in [-0.1, -0.05) is 12.1 Å². The van der Waals surface area contributed by atoms with Crippen molar-refractivity contribution in [3.8, 4) is 6.19 Å². The third-order valence-electron chi connectivity index (χ3n) is 3.01. The van der Waals surface area contributed by atoms with Gasteiger partial charge in [-0.05, 0) is 19.1 Å². The number of para-hydroxylation sites is 1. The number of nitriles is 1. The summed E-state index contributed by atoms with van der Waals surface area (Å²) < 4.78 is 0. The van der Waals surface area contributed by atoms with Crippen molar-refractivity contribution < 1.29 is 14.8 Å². The maximum Gasteiger partial charge on any atom is 0.415 e. The highest BCUT2D eigenvalue weighted by Crippen LogP contribution is 2.33. The number of benzene rings is 1. The van der Waals surface area contributed by atoms with Crippen molar-refractivity contribution in [2.45, 2.75) is 13.0 Å². The van der Waals surface area contributed by atoms with Gasteiger partial charge in [-0.2, -0.15) is 5.26 Å². The van der Waals surface area contributed by atoms with Crippen LogP contribution in [0.4, 0.5) is 10.5 Å². The molecule has 9 heteroatoms. The Bertz CT molecular complexity index is 734. The van der Waals surface area contributed by atoms with Gasteiger partial charge in [-0.15, -0.1) is 0 Å². The molecule has 2 rings (SSSR count). The van der Waals surface area contributed by atoms with Crippen LogP contribution >= 0.6 is 0 Å². The summed E-state index contributed by atoms with van der Waals surface area (Å²) in [6.45, 7) is 1.61. The topological polar surface area (TPSA) is 132 Å². The average molecular weight is 301 g/mol. The van der Waals surface area contributed by atoms with E-state index in [1.54, 1.807) is 19.2 Å². The monoisotopic (exact) mass is 301 g/mol. The standard InChI is InChI=1S/C13H11N5O4/c1-8-6-11(9-4-2-3-5-10(9)18(21)22)17(13(19)20)12(16-8)15-7-14/h2-6,11H,1H3,(H,15,16)(H,19,20). The summed E-state index contributed by atoms with van der Waals surface area (Å²) in [5.74, 6) is -0.196. The number of rotatable bonds is 2. The molecule has 1 atom stereocenters. The van der Waals surface area contributed by atoms with Crippen LogP contribution in [0.2, 0.25) is 0 Å². The van der Waals surface area contributed by atoms with E-state index in [0.717, 1.165) is 4.90 Å². The molecule has 0 radical (unpaired) electrons. The Morgan fingerprint density at radius 1 is 1.55 bits per heavy atom. The van der Waals surface area contributed by atoms with Gasteiger partial charge in [0, 0.05) is 11.8 Å². The number of hydrogen-bond acceptors (Lipinski definition) is 6. The van der Waals surface area contributed by atoms with Gasteiger partial charge in [-0.3, -0.25) is 15.4 Å². The van der Waals surface area contributed by atoms with E-state index in [4.69, 9.17) is 5.26 Å². The van der Waals surface area contributed by atoms with Crippen molar-refractivity contribution in [1.82, 2.24) is 10.2 Å². The first-order chi connectivity index (χ1) is 10.5. The molecule has 1 amide bonds. The zero-order valence-corrected chi connectivity index (χ0v) is 11.4. The summed E-state index contributed by atoms with van der Waals surface area (Å²) in [5.41, 5.74) is 0.431. The number of aliphatic imine (C=N–C) groups is 1. The fourth-order valence-electron chi connectivity index (χ4n) is 2.17. The van der Waals surface area contributed by atoms with Crippen LogP contribution in [0, 0.1) is 21.6 Å². The third kappa shape index (κ3) is 2.71. The summed E-state index contributed by atoms with van der Waals surface area (Å²) in [6.07, 6.45) is 1.71. The van der Waals surface area contributed by atoms with Crippen molar-refractivity contribution in [3.05, 3.63) is 51.7 Å². The Labute approximate surface area is 124 Å². The number of carbonyl (C=O) groups is 1. The largest absolute Gasteiger partial charge is 0.465 e. The highest BCUT2D eigenvalue weighted by molar-refractivity contribution is 5.96. The molecule has 0 aliphatic carbocycles. The highest BCUT2D eigenvalue weighted by atomic mass is 16.6. The van der Waals surface area contributed by atoms with Crippen LogP contribution in [0.25, 0.3) is 0 Å². The third-order valence-corrected chi connectivity index (χ3v) is 3.01. The number of nitrogens with zero attached hydrogens (tertiary/aromatic N) is 4. The zero-order chi connectivity index (χ0) is 16.3. The van der Waals surface area contributed by atoms with Crippen LogP contribution in [0.1, 0.15) is 18.5 Å². The van der Waals surface area contributed by atoms with E-state index in [1.165, 1.54) is 24.3 Å². The lowest BCUT2D eigenvalue weighted by Gasteiger charge is -2.30. The number of nitrogens with one attached hydrogen (secondary N) is 1. The molecule has 0 fully saturated rings. The van der Waals surface area contributed by atoms with Crippen LogP contribution in [0.3, 0.4) is 0 Å². The molecule has 0 bridgehead atoms. The molecule has 1 aromatic rings. The number of carboxylic acid groups (broad SMARTS) is 1. The minimum Gasteiger partial charge on any atom is -0.465 e. The molecule has 1 heterocycles. The molecule has 1 unspecified atom stereocenters. The second kappa shape index (κ2) is 5.92. The molecule has 2 N–H and O–H groups in total. The quantitative estimate of drug-likeness (QED) is 0.371. The highest BCUT2D eigenvalue weighted by Gasteiger charge is 2.34. The molecular formula is C13H11N5O4. The van der Waals surface area contributed by atoms with Gasteiger partial charge in [0.25, 0.3) is 5.69 Å². The number of hydrogen-bond donors (Lipinski definition) is 2. The average Bonchev–Trinajstić information content (AvgIpc) is 2.46. The molecule has 0 spiro atoms. The Kier molecular flexibility index (Phi) is 4.04. The van der Waals surface area contributed by atoms with E-state index in [1.807, 2.05) is 0 Å². The van der Waals surface area contributed by atoms with E-state index >= 15 is 0 Å². The van der Waals surface area contributed by atoms with E-state index in [-0.39, 0.29) is 17.2 Å². The summed E-state index contributed by atoms with van der Waals surface area (Å²) in [5, 5.41) is 31.4. The minimum atomic E-state index is -1.38. The van der Waals surface area contributed by atoms with Gasteiger partial charge in [0.1, 0.15) is 0 Å². The van der Waals surface area contributed by atoms with Gasteiger partial charge < -0.3 is 5.11 Å². The molecule has 0 aromatic heterocycles. The van der Waals surface area contributed by atoms with E-state index < -0.39 is 17.1 Å². The molecule has 0 saturated carbocycles. The van der Waals surface area contributed by atoms with Crippen molar-refractivity contribution in [2.24, 2.45) is 4.99 Å². The minimum absolute atomic E-state index is 0.196. The normalized spacial score (nSPS) is 17.1. The molecule has 1 aliphatic heterocycles. The Morgan fingerprint density at radius 2 is 2.23 bits per heavy atom. The predicted octanol–water partition coefficient (Wildman–Crippen LogP) is 1.96. The first kappa shape index (κ1) is 15.0. The summed E-state index contributed by atoms with van der Waals surface area (Å²) in [4.78, 5) is 26.8. The summed E-state index contributed by atoms with van der Waals surface area (Å²) in [6, 6.07) is 4.88. The SMILES string of the molecule is CC1=CC(c2ccccc2[N+](=O)[O-])N(C(=O)O)C(NC#N)=N1. The fraction of sp³-hybridized carbons (Fsp3) is 0.154. The fourth-order valence-corrected chi connectivity index (χ4v) is 2.17. The number of guanidine groups is 1. The van der Waals surface area contributed by atoms with Crippen molar-refractivity contribution >= 4 is 17.7 Å².